The zero-order valence-electron chi connectivity index (χ0n) is 53.5. The van der Waals surface area contributed by atoms with Gasteiger partial charge in [-0.05, 0) is 140 Å². The number of para-hydroxylation sites is 1. The highest BCUT2D eigenvalue weighted by molar-refractivity contribution is 6.20. The number of hydrogen-bond acceptors (Lipinski definition) is 16. The Morgan fingerprint density at radius 3 is 1.20 bits per heavy atom. The third-order valence-electron chi connectivity index (χ3n) is 14.3. The van der Waals surface area contributed by atoms with Gasteiger partial charge in [0.2, 0.25) is 0 Å². The first-order valence-electron chi connectivity index (χ1n) is 29.0. The van der Waals surface area contributed by atoms with Gasteiger partial charge in [0.25, 0.3) is 35.4 Å². The second kappa shape index (κ2) is 27.6. The molecule has 2 aliphatic rings. The van der Waals surface area contributed by atoms with E-state index < -0.39 is 106 Å². The number of imide groups is 2. The molecule has 2 fully saturated rings. The molecule has 5 aromatic rings. The van der Waals surface area contributed by atoms with Crippen molar-refractivity contribution in [2.75, 3.05) is 28.4 Å². The molecule has 89 heavy (non-hydrogen) atoms. The number of Topliss-reactive ketones (excluding diaryl/α,β-unsaturated/α-hetero) is 2. The number of hydrogen-bond donors (Lipinski definition) is 4. The van der Waals surface area contributed by atoms with Crippen molar-refractivity contribution in [2.45, 2.75) is 159 Å². The number of aryl methyl sites for hydroxylation is 4. The number of methoxy groups -OCH3 is 1. The van der Waals surface area contributed by atoms with Crippen LogP contribution in [0.5, 0.6) is 28.7 Å². The molecule has 5 aromatic carbocycles. The molecule has 4 N–H and O–H groups in total. The molecule has 0 saturated carbocycles. The molecule has 8 amide bonds. The normalized spacial score (nSPS) is 15.6. The van der Waals surface area contributed by atoms with E-state index in [1.165, 1.54) is 53.0 Å². The lowest BCUT2D eigenvalue weighted by atomic mass is 9.85. The number of nitrogens with one attached hydrogen (secondary N) is 4. The Hall–Kier alpha value is -9.60. The van der Waals surface area contributed by atoms with Crippen LogP contribution in [-0.2, 0) is 47.8 Å². The Balaban J connectivity index is 0.000000286. The van der Waals surface area contributed by atoms with Crippen LogP contribution in [-0.4, -0.2) is 112 Å². The Labute approximate surface area is 518 Å². The number of benzene rings is 5. The lowest BCUT2D eigenvalue weighted by molar-refractivity contribution is -0.145. The van der Waals surface area contributed by atoms with Crippen molar-refractivity contribution in [3.05, 3.63) is 125 Å². The van der Waals surface area contributed by atoms with Gasteiger partial charge in [-0.1, -0.05) is 109 Å². The molecule has 22 heteroatoms. The molecule has 4 unspecified atom stereocenters. The van der Waals surface area contributed by atoms with E-state index in [2.05, 4.69) is 21.3 Å². The van der Waals surface area contributed by atoms with E-state index in [9.17, 15) is 47.9 Å². The van der Waals surface area contributed by atoms with Crippen LogP contribution in [0.3, 0.4) is 0 Å². The number of ketones is 2. The van der Waals surface area contributed by atoms with Crippen molar-refractivity contribution in [3.63, 3.8) is 0 Å². The van der Waals surface area contributed by atoms with E-state index in [4.69, 9.17) is 28.4 Å². The van der Waals surface area contributed by atoms with Crippen LogP contribution in [0, 0.1) is 38.5 Å². The van der Waals surface area contributed by atoms with Crippen LogP contribution in [0.4, 0.5) is 32.3 Å². The van der Waals surface area contributed by atoms with Gasteiger partial charge in [0, 0.05) is 22.2 Å². The molecule has 7 rings (SSSR count). The molecule has 22 nitrogen and oxygen atoms in total. The smallest absolute Gasteiger partial charge is 0.418 e. The summed E-state index contributed by atoms with van der Waals surface area (Å²) in [4.78, 5) is 134. The maximum atomic E-state index is 13.9. The number of cyclic esters (lactones) is 2. The number of nitrogens with zero attached hydrogens (tertiary/aromatic N) is 2. The highest BCUT2D eigenvalue weighted by atomic mass is 16.6. The first-order valence-corrected chi connectivity index (χ1v) is 29.0. The molecular weight excluding hydrogens is 1140 g/mol. The highest BCUT2D eigenvalue weighted by Crippen LogP contribution is 2.37. The molecule has 0 radical (unpaired) electrons. The lowest BCUT2D eigenvalue weighted by Gasteiger charge is -2.28. The van der Waals surface area contributed by atoms with Gasteiger partial charge in [0.05, 0.1) is 18.5 Å². The highest BCUT2D eigenvalue weighted by Gasteiger charge is 2.56. The number of amides is 8. The Kier molecular flexibility index (Phi) is 21.3. The average Bonchev–Trinajstić information content (AvgIpc) is 1.94. The Morgan fingerprint density at radius 1 is 0.494 bits per heavy atom. The zero-order valence-corrected chi connectivity index (χ0v) is 53.5. The number of rotatable bonds is 21. The van der Waals surface area contributed by atoms with Crippen molar-refractivity contribution in [1.82, 2.24) is 9.80 Å². The standard InChI is InChI=1S/C36H41N3O8.C31H39N3O8/c1-9-26(46-27-17-15-21(2)19-22(27)3)31(41)37-23-16-18-28(45-24-13-11-10-12-14-24)25(20-23)38-32(42)29(30(40)35(4,5)6)39-33(43)36(7,8)47-34(39)44;1-10-21(41-22-13-11-17(2)15-18(22)3)26(36)32-19-12-14-23(40-9)20(16-19)33-27(37)24(25(35)30(4,5)6)34-28(38)31(7,8)42-29(34)39/h10-20,26,29H,9H2,1-8H3,(H,37,41)(H,38,42);11-16,21,24H,10H2,1-9H3,(H,32,36)(H,33,37). The van der Waals surface area contributed by atoms with Crippen molar-refractivity contribution >= 4 is 81.9 Å². The molecule has 0 spiro atoms. The summed E-state index contributed by atoms with van der Waals surface area (Å²) in [6.07, 6.45) is -3.04. The van der Waals surface area contributed by atoms with Gasteiger partial charge >= 0.3 is 12.2 Å². The predicted octanol–water partition coefficient (Wildman–Crippen LogP) is 11.4. The summed E-state index contributed by atoms with van der Waals surface area (Å²) >= 11 is 0. The van der Waals surface area contributed by atoms with Crippen molar-refractivity contribution in [3.8, 4) is 28.7 Å². The number of carbonyl (C=O) groups is 10. The Bertz CT molecular complexity index is 3560. The fourth-order valence-corrected chi connectivity index (χ4v) is 9.30. The molecule has 0 aromatic heterocycles. The summed E-state index contributed by atoms with van der Waals surface area (Å²) in [5.41, 5.74) is -0.558. The van der Waals surface area contributed by atoms with Crippen molar-refractivity contribution in [2.24, 2.45) is 10.8 Å². The largest absolute Gasteiger partial charge is 0.495 e. The third-order valence-corrected chi connectivity index (χ3v) is 14.3. The van der Waals surface area contributed by atoms with Crippen LogP contribution >= 0.6 is 0 Å². The van der Waals surface area contributed by atoms with Crippen molar-refractivity contribution < 1.29 is 76.4 Å². The summed E-state index contributed by atoms with van der Waals surface area (Å²) in [6, 6.07) is 25.7. The number of anilines is 4. The molecular formula is C67H80N6O16. The van der Waals surface area contributed by atoms with Crippen LogP contribution in [0.15, 0.2) is 103 Å². The van der Waals surface area contributed by atoms with E-state index in [1.54, 1.807) is 84.0 Å². The quantitative estimate of drug-likeness (QED) is 0.0497. The maximum absolute atomic E-state index is 13.9. The van der Waals surface area contributed by atoms with Crippen LogP contribution in [0.25, 0.3) is 0 Å². The second-order valence-corrected chi connectivity index (χ2v) is 24.7. The van der Waals surface area contributed by atoms with E-state index in [0.29, 0.717) is 51.3 Å². The van der Waals surface area contributed by atoms with Crippen LogP contribution in [0.2, 0.25) is 0 Å². The molecule has 2 saturated heterocycles. The van der Waals surface area contributed by atoms with Gasteiger partial charge in [-0.3, -0.25) is 38.4 Å². The van der Waals surface area contributed by atoms with E-state index in [0.717, 1.165) is 22.3 Å². The fraction of sp³-hybridized carbons (Fsp3) is 0.403. The summed E-state index contributed by atoms with van der Waals surface area (Å²) in [6.45, 7) is 26.4. The van der Waals surface area contributed by atoms with E-state index >= 15 is 0 Å². The fourth-order valence-electron chi connectivity index (χ4n) is 9.30. The van der Waals surface area contributed by atoms with E-state index in [1.807, 2.05) is 84.0 Å². The Morgan fingerprint density at radius 2 is 0.865 bits per heavy atom. The van der Waals surface area contributed by atoms with Gasteiger partial charge in [-0.2, -0.15) is 0 Å². The number of carbonyl (C=O) groups excluding carboxylic acids is 10. The van der Waals surface area contributed by atoms with Crippen LogP contribution in [0.1, 0.15) is 118 Å². The summed E-state index contributed by atoms with van der Waals surface area (Å²) in [5.74, 6) is -3.67. The van der Waals surface area contributed by atoms with Gasteiger partial charge < -0.3 is 49.7 Å². The average molecular weight is 1230 g/mol. The maximum Gasteiger partial charge on any atom is 0.418 e. The second-order valence-electron chi connectivity index (χ2n) is 24.7. The van der Waals surface area contributed by atoms with Crippen LogP contribution < -0.4 is 40.2 Å². The van der Waals surface area contributed by atoms with Gasteiger partial charge in [-0.25, -0.2) is 19.4 Å². The third kappa shape index (κ3) is 16.5. The summed E-state index contributed by atoms with van der Waals surface area (Å²) < 4.78 is 33.8. The minimum Gasteiger partial charge on any atom is -0.495 e. The first kappa shape index (κ1) is 68.5. The molecule has 0 aliphatic carbocycles. The molecule has 0 bridgehead atoms. The van der Waals surface area contributed by atoms with Gasteiger partial charge in [0.1, 0.15) is 23.0 Å². The monoisotopic (exact) mass is 1220 g/mol. The first-order chi connectivity index (χ1) is 41.5. The molecule has 2 heterocycles. The molecule has 2 aliphatic heterocycles. The molecule has 4 atom stereocenters. The minimum atomic E-state index is -1.84. The SMILES string of the molecule is CCC(Oc1ccc(C)cc1C)C(=O)Nc1ccc(OC)c(NC(=O)C(C(=O)C(C)(C)C)N2C(=O)OC(C)(C)C2=O)c1.CCC(Oc1ccc(C)cc1C)C(=O)Nc1ccc(Oc2ccccc2)c(NC(=O)C(C(=O)C(C)(C)C)N2C(=O)OC(C)(C)C2=O)c1. The number of ether oxygens (including phenoxy) is 6. The summed E-state index contributed by atoms with van der Waals surface area (Å²) in [7, 11) is 1.38. The van der Waals surface area contributed by atoms with Gasteiger partial charge in [-0.15, -0.1) is 0 Å². The zero-order chi connectivity index (χ0) is 66.2. The topological polar surface area (TPSA) is 281 Å². The minimum absolute atomic E-state index is 0.0750. The lowest BCUT2D eigenvalue weighted by Crippen LogP contribution is -2.55. The molecule has 474 valence electrons. The van der Waals surface area contributed by atoms with E-state index in [-0.39, 0.29) is 22.9 Å². The van der Waals surface area contributed by atoms with Gasteiger partial charge in [0.15, 0.2) is 52.8 Å². The summed E-state index contributed by atoms with van der Waals surface area (Å²) in [5, 5.41) is 10.9. The van der Waals surface area contributed by atoms with Crippen molar-refractivity contribution in [1.29, 1.82) is 0 Å². The predicted molar refractivity (Wildman–Crippen MR) is 333 cm³/mol.